The Kier molecular flexibility index (Phi) is 5.64. The Morgan fingerprint density at radius 1 is 1.19 bits per heavy atom. The van der Waals surface area contributed by atoms with Crippen LogP contribution in [0.3, 0.4) is 0 Å². The van der Waals surface area contributed by atoms with E-state index in [0.717, 1.165) is 17.4 Å². The fourth-order valence-electron chi connectivity index (χ4n) is 3.48. The fraction of sp³-hybridized carbons (Fsp3) is 0.190. The number of allylic oxidation sites excluding steroid dienone is 1. The van der Waals surface area contributed by atoms with E-state index in [1.807, 2.05) is 6.07 Å². The van der Waals surface area contributed by atoms with Crippen molar-refractivity contribution in [1.82, 2.24) is 5.01 Å². The van der Waals surface area contributed by atoms with E-state index in [4.69, 9.17) is 4.74 Å². The van der Waals surface area contributed by atoms with Crippen molar-refractivity contribution in [1.29, 1.82) is 0 Å². The van der Waals surface area contributed by atoms with E-state index in [1.165, 1.54) is 24.3 Å². The average molecular weight is 460 g/mol. The van der Waals surface area contributed by atoms with Gasteiger partial charge in [0.05, 0.1) is 24.1 Å². The second-order valence-corrected chi connectivity index (χ2v) is 7.75. The van der Waals surface area contributed by atoms with Crippen LogP contribution in [0.25, 0.3) is 5.70 Å². The van der Waals surface area contributed by atoms with Crippen LogP contribution in [0.5, 0.6) is 5.75 Å². The smallest absolute Gasteiger partial charge is 0.416 e. The van der Waals surface area contributed by atoms with Crippen LogP contribution in [0, 0.1) is 4.91 Å². The number of fused-ring (bicyclic) bond motifs is 1. The number of hydrogen-bond acceptors (Lipinski definition) is 6. The van der Waals surface area contributed by atoms with Gasteiger partial charge < -0.3 is 4.74 Å². The number of benzene rings is 2. The topological polar surface area (TPSA) is 83.7 Å². The normalized spacial score (nSPS) is 17.8. The number of rotatable bonds is 4. The van der Waals surface area contributed by atoms with E-state index in [1.54, 1.807) is 18.2 Å². The van der Waals surface area contributed by atoms with Crippen molar-refractivity contribution in [2.45, 2.75) is 18.8 Å². The van der Waals surface area contributed by atoms with E-state index in [2.05, 4.69) is 24.5 Å². The van der Waals surface area contributed by atoms with Gasteiger partial charge in [-0.2, -0.15) is 18.3 Å². The van der Waals surface area contributed by atoms with Gasteiger partial charge in [0.1, 0.15) is 17.6 Å². The predicted octanol–water partition coefficient (Wildman–Crippen LogP) is 3.74. The third-order valence-corrected chi connectivity index (χ3v) is 5.33. The minimum Gasteiger partial charge on any atom is -0.497 e. The van der Waals surface area contributed by atoms with Crippen molar-refractivity contribution < 1.29 is 22.7 Å². The number of hydrazone groups is 1. The van der Waals surface area contributed by atoms with Crippen molar-refractivity contribution in [2.75, 3.05) is 7.11 Å². The number of carbonyl (C=O) groups is 1. The molecule has 1 amide bonds. The number of aliphatic imine (C=N–C) groups is 1. The molecule has 0 aromatic heterocycles. The molecule has 11 heteroatoms. The van der Waals surface area contributed by atoms with Crippen molar-refractivity contribution in [2.24, 2.45) is 15.3 Å². The molecule has 2 aliphatic heterocycles. The molecule has 164 valence electrons. The zero-order valence-electron chi connectivity index (χ0n) is 16.6. The Labute approximate surface area is 182 Å². The summed E-state index contributed by atoms with van der Waals surface area (Å²) < 4.78 is 44.1. The Balaban J connectivity index is 1.80. The third-order valence-electron chi connectivity index (χ3n) is 4.99. The van der Waals surface area contributed by atoms with Gasteiger partial charge in [0.15, 0.2) is 0 Å². The molecule has 7 nitrogen and oxygen atoms in total. The van der Waals surface area contributed by atoms with Crippen LogP contribution >= 0.6 is 9.24 Å². The van der Waals surface area contributed by atoms with Crippen molar-refractivity contribution in [3.8, 4) is 5.75 Å². The second-order valence-electron chi connectivity index (χ2n) is 7.09. The lowest BCUT2D eigenvalue weighted by Gasteiger charge is -2.28. The van der Waals surface area contributed by atoms with Crippen molar-refractivity contribution in [3.63, 3.8) is 0 Å². The van der Waals surface area contributed by atoms with Crippen LogP contribution in [-0.2, 0) is 11.0 Å². The van der Waals surface area contributed by atoms with Crippen LogP contribution in [0.4, 0.5) is 13.2 Å². The maximum atomic E-state index is 12.9. The lowest BCUT2D eigenvalue weighted by atomic mass is 10.0. The molecule has 0 fully saturated rings. The summed E-state index contributed by atoms with van der Waals surface area (Å²) in [7, 11) is 4.09. The van der Waals surface area contributed by atoms with Crippen LogP contribution in [0.15, 0.2) is 63.8 Å². The Hall–Kier alpha value is -3.39. The third kappa shape index (κ3) is 4.18. The van der Waals surface area contributed by atoms with E-state index >= 15 is 0 Å². The molecular weight excluding hydrogens is 444 g/mol. The number of ether oxygens (including phenoxy) is 1. The van der Waals surface area contributed by atoms with Gasteiger partial charge in [-0.1, -0.05) is 12.1 Å². The molecule has 2 aromatic carbocycles. The Bertz CT molecular complexity index is 1190. The summed E-state index contributed by atoms with van der Waals surface area (Å²) in [5, 5.41) is 8.99. The quantitative estimate of drug-likeness (QED) is 0.514. The zero-order valence-corrected chi connectivity index (χ0v) is 17.8. The molecule has 0 spiro atoms. The summed E-state index contributed by atoms with van der Waals surface area (Å²) in [6, 6.07) is 10.1. The molecule has 2 aromatic rings. The number of amides is 1. The van der Waals surface area contributed by atoms with Crippen LogP contribution in [0.2, 0.25) is 0 Å². The lowest BCUT2D eigenvalue weighted by molar-refractivity contribution is -0.137. The standard InChI is InChI=1S/C21H16F3N4O3P/c1-31-14-6-12(7-15(32)8-14)18-9-16(11-2-4-13(5-3-11)21(22,23)24)25-19-10-17(20(29)27-30)26-28(18)19/h2-9,19H,10,32H2,1H3. The zero-order chi connectivity index (χ0) is 23.0. The molecule has 2 heterocycles. The first-order valence-electron chi connectivity index (χ1n) is 9.36. The minimum atomic E-state index is -4.45. The van der Waals surface area contributed by atoms with Crippen molar-refractivity contribution in [3.05, 3.63) is 70.1 Å². The predicted molar refractivity (Wildman–Crippen MR) is 117 cm³/mol. The largest absolute Gasteiger partial charge is 0.497 e. The number of hydrogen-bond donors (Lipinski definition) is 0. The van der Waals surface area contributed by atoms with E-state index < -0.39 is 23.8 Å². The van der Waals surface area contributed by atoms with Gasteiger partial charge in [-0.05, 0) is 47.3 Å². The van der Waals surface area contributed by atoms with Gasteiger partial charge in [-0.15, -0.1) is 14.1 Å². The molecule has 0 bridgehead atoms. The van der Waals surface area contributed by atoms with Crippen LogP contribution < -0.4 is 10.0 Å². The maximum Gasteiger partial charge on any atom is 0.416 e. The highest BCUT2D eigenvalue weighted by Crippen LogP contribution is 2.35. The first kappa shape index (κ1) is 21.8. The van der Waals surface area contributed by atoms with E-state index in [-0.39, 0.29) is 12.1 Å². The van der Waals surface area contributed by atoms with Gasteiger partial charge in [-0.25, -0.2) is 5.01 Å². The highest BCUT2D eigenvalue weighted by molar-refractivity contribution is 7.27. The van der Waals surface area contributed by atoms with Gasteiger partial charge in [0, 0.05) is 17.2 Å². The first-order valence-corrected chi connectivity index (χ1v) is 9.94. The SMILES string of the molecule is COc1cc(P)cc(C2=CC(c3ccc(C(F)(F)F)cc3)=NC3CC(C(=O)N=O)=NN23)c1. The van der Waals surface area contributed by atoms with Gasteiger partial charge >= 0.3 is 12.1 Å². The summed E-state index contributed by atoms with van der Waals surface area (Å²) in [5.74, 6) is -0.403. The van der Waals surface area contributed by atoms with E-state index in [0.29, 0.717) is 28.3 Å². The summed E-state index contributed by atoms with van der Waals surface area (Å²) in [4.78, 5) is 27.1. The van der Waals surface area contributed by atoms with Gasteiger partial charge in [0.25, 0.3) is 0 Å². The highest BCUT2D eigenvalue weighted by atomic mass is 31.0. The number of methoxy groups -OCH3 is 1. The Morgan fingerprint density at radius 3 is 2.53 bits per heavy atom. The molecule has 32 heavy (non-hydrogen) atoms. The lowest BCUT2D eigenvalue weighted by Crippen LogP contribution is -2.29. The minimum absolute atomic E-state index is 0.0395. The van der Waals surface area contributed by atoms with Crippen LogP contribution in [0.1, 0.15) is 23.1 Å². The van der Waals surface area contributed by atoms with Gasteiger partial charge in [-0.3, -0.25) is 9.79 Å². The van der Waals surface area contributed by atoms with Crippen molar-refractivity contribution >= 4 is 37.6 Å². The molecule has 2 unspecified atom stereocenters. The molecule has 0 saturated heterocycles. The molecule has 0 radical (unpaired) electrons. The molecule has 2 atom stereocenters. The summed E-state index contributed by atoms with van der Waals surface area (Å²) in [6.45, 7) is 0. The fourth-order valence-corrected chi connectivity index (χ4v) is 3.82. The molecule has 0 aliphatic carbocycles. The second kappa shape index (κ2) is 8.27. The number of nitroso groups, excluding NO2 is 1. The van der Waals surface area contributed by atoms with Crippen LogP contribution in [-0.4, -0.2) is 35.6 Å². The highest BCUT2D eigenvalue weighted by Gasteiger charge is 2.36. The molecule has 0 saturated carbocycles. The maximum absolute atomic E-state index is 12.9. The first-order chi connectivity index (χ1) is 15.2. The number of alkyl halides is 3. The molecular formula is C21H16F3N4O3P. The molecule has 2 aliphatic rings. The Morgan fingerprint density at radius 2 is 1.91 bits per heavy atom. The number of nitrogens with zero attached hydrogens (tertiary/aromatic N) is 4. The summed E-state index contributed by atoms with van der Waals surface area (Å²) >= 11 is 0. The number of carbonyl (C=O) groups excluding carboxylic acids is 1. The van der Waals surface area contributed by atoms with Gasteiger partial charge in [0.2, 0.25) is 0 Å². The number of halogens is 3. The molecule has 0 N–H and O–H groups in total. The monoisotopic (exact) mass is 460 g/mol. The molecule has 4 rings (SSSR count). The summed E-state index contributed by atoms with van der Waals surface area (Å²) in [5.41, 5.74) is 1.33. The van der Waals surface area contributed by atoms with E-state index in [9.17, 15) is 22.9 Å². The summed E-state index contributed by atoms with van der Waals surface area (Å²) in [6.07, 6.45) is -3.38. The average Bonchev–Trinajstić information content (AvgIpc) is 3.21.